The number of benzene rings is 1. The zero-order chi connectivity index (χ0) is 23.1. The molecule has 8 heteroatoms. The molecule has 1 N–H and O–H groups in total. The molecule has 1 aromatic carbocycles. The Morgan fingerprint density at radius 2 is 1.82 bits per heavy atom. The molecule has 2 fully saturated rings. The van der Waals surface area contributed by atoms with E-state index in [1.54, 1.807) is 12.1 Å². The molecule has 2 unspecified atom stereocenters. The normalized spacial score (nSPS) is 23.2. The first-order chi connectivity index (χ1) is 15.4. The van der Waals surface area contributed by atoms with Gasteiger partial charge in [-0.2, -0.15) is 0 Å². The van der Waals surface area contributed by atoms with Crippen LogP contribution >= 0.6 is 0 Å². The Balaban J connectivity index is 0.00000385. The summed E-state index contributed by atoms with van der Waals surface area (Å²) in [6.07, 6.45) is 7.18. The number of piperidine rings is 1. The Labute approximate surface area is 214 Å². The number of amides is 1. The van der Waals surface area contributed by atoms with E-state index >= 15 is 0 Å². The molecule has 2 atom stereocenters. The topological polar surface area (TPSA) is 81.7 Å². The quantitative estimate of drug-likeness (QED) is 0.298. The van der Waals surface area contributed by atoms with E-state index in [4.69, 9.17) is 9.47 Å². The number of quaternary nitrogens is 1. The summed E-state index contributed by atoms with van der Waals surface area (Å²) in [5, 5.41) is 2.94. The fourth-order valence-electron chi connectivity index (χ4n) is 5.10. The highest BCUT2D eigenvalue weighted by atomic mass is 127. The lowest BCUT2D eigenvalue weighted by molar-refractivity contribution is -0.925. The number of carbonyl (C=O) groups is 3. The summed E-state index contributed by atoms with van der Waals surface area (Å²) < 4.78 is 11.3. The van der Waals surface area contributed by atoms with Crippen LogP contribution in [0.15, 0.2) is 18.2 Å². The number of halogens is 1. The second-order valence-electron chi connectivity index (χ2n) is 9.30. The monoisotopic (exact) mass is 572 g/mol. The average Bonchev–Trinajstić information content (AvgIpc) is 2.80. The number of hydrogen-bond acceptors (Lipinski definition) is 5. The Morgan fingerprint density at radius 3 is 2.48 bits per heavy atom. The molecule has 1 aliphatic carbocycles. The van der Waals surface area contributed by atoms with E-state index in [0.717, 1.165) is 57.2 Å². The number of para-hydroxylation sites is 1. The molecule has 1 heterocycles. The van der Waals surface area contributed by atoms with Gasteiger partial charge in [-0.3, -0.25) is 9.59 Å². The number of hydrogen-bond donors (Lipinski definition) is 1. The number of esters is 2. The van der Waals surface area contributed by atoms with Crippen molar-refractivity contribution < 1.29 is 52.3 Å². The van der Waals surface area contributed by atoms with Crippen molar-refractivity contribution in [2.75, 3.05) is 38.6 Å². The van der Waals surface area contributed by atoms with Gasteiger partial charge in [-0.15, -0.1) is 0 Å². The summed E-state index contributed by atoms with van der Waals surface area (Å²) in [6, 6.07) is 5.27. The zero-order valence-corrected chi connectivity index (χ0v) is 22.2. The lowest BCUT2D eigenvalue weighted by Gasteiger charge is -2.42. The number of nitrogens with one attached hydrogen (secondary N) is 1. The van der Waals surface area contributed by atoms with Crippen molar-refractivity contribution in [3.8, 4) is 0 Å². The summed E-state index contributed by atoms with van der Waals surface area (Å²) in [5.74, 6) is -0.901. The zero-order valence-electron chi connectivity index (χ0n) is 20.0. The Hall–Kier alpha value is -1.68. The number of likely N-dealkylation sites (N-methyl/N-ethyl adjacent to an activating group) is 1. The molecule has 2 aliphatic rings. The Morgan fingerprint density at radius 1 is 1.09 bits per heavy atom. The fourth-order valence-corrected chi connectivity index (χ4v) is 5.10. The Bertz CT molecular complexity index is 840. The minimum atomic E-state index is -0.480. The SMILES string of the molecule is CC[N+]1(CC(=O)Nc2c(C)cccc2C(=O)OC)CCCC(C(=O)OC2CCCCC2)C1.[I-]. The van der Waals surface area contributed by atoms with E-state index in [-0.39, 0.29) is 54.4 Å². The van der Waals surface area contributed by atoms with Crippen molar-refractivity contribution in [1.82, 2.24) is 0 Å². The van der Waals surface area contributed by atoms with Crippen LogP contribution in [0.4, 0.5) is 5.69 Å². The van der Waals surface area contributed by atoms with E-state index in [1.807, 2.05) is 13.0 Å². The van der Waals surface area contributed by atoms with Crippen molar-refractivity contribution in [1.29, 1.82) is 0 Å². The number of ether oxygens (including phenoxy) is 2. The second kappa shape index (κ2) is 12.7. The predicted octanol–water partition coefficient (Wildman–Crippen LogP) is 0.847. The fraction of sp³-hybridized carbons (Fsp3) is 0.640. The lowest BCUT2D eigenvalue weighted by atomic mass is 9.94. The number of likely N-dealkylation sites (tertiary alicyclic amines) is 1. The molecule has 0 aromatic heterocycles. The molecule has 3 rings (SSSR count). The van der Waals surface area contributed by atoms with Crippen LogP contribution in [0, 0.1) is 12.8 Å². The number of nitrogens with zero attached hydrogens (tertiary/aromatic N) is 1. The molecular weight excluding hydrogens is 535 g/mol. The van der Waals surface area contributed by atoms with Gasteiger partial charge in [0.1, 0.15) is 12.0 Å². The van der Waals surface area contributed by atoms with Crippen LogP contribution in [-0.4, -0.2) is 61.7 Å². The number of rotatable bonds is 7. The van der Waals surface area contributed by atoms with Gasteiger partial charge in [0.2, 0.25) is 0 Å². The molecule has 1 aromatic rings. The summed E-state index contributed by atoms with van der Waals surface area (Å²) in [7, 11) is 1.33. The molecule has 1 saturated heterocycles. The average molecular weight is 572 g/mol. The van der Waals surface area contributed by atoms with E-state index in [2.05, 4.69) is 12.2 Å². The highest BCUT2D eigenvalue weighted by molar-refractivity contribution is 6.02. The van der Waals surface area contributed by atoms with Crippen molar-refractivity contribution in [3.63, 3.8) is 0 Å². The van der Waals surface area contributed by atoms with Crippen LogP contribution in [0.2, 0.25) is 0 Å². The van der Waals surface area contributed by atoms with Crippen LogP contribution in [0.1, 0.15) is 67.8 Å². The second-order valence-corrected chi connectivity index (χ2v) is 9.30. The molecule has 33 heavy (non-hydrogen) atoms. The maximum absolute atomic E-state index is 13.1. The standard InChI is InChI=1S/C25H36N2O5.HI/c1-4-27(15-9-11-19(16-27)24(29)32-20-12-6-5-7-13-20)17-22(28)26-23-18(2)10-8-14-21(23)25(30)31-3;/h8,10,14,19-20H,4-7,9,11-13,15-17H2,1-3H3;1H. The third kappa shape index (κ3) is 7.15. The van der Waals surface area contributed by atoms with Crippen molar-refractivity contribution in [2.24, 2.45) is 5.92 Å². The largest absolute Gasteiger partial charge is 1.00 e. The number of anilines is 1. The summed E-state index contributed by atoms with van der Waals surface area (Å²) in [5.41, 5.74) is 1.64. The predicted molar refractivity (Wildman–Crippen MR) is 122 cm³/mol. The van der Waals surface area contributed by atoms with Crippen LogP contribution in [-0.2, 0) is 19.1 Å². The molecular formula is C25H37IN2O5. The van der Waals surface area contributed by atoms with E-state index in [9.17, 15) is 14.4 Å². The summed E-state index contributed by atoms with van der Waals surface area (Å²) >= 11 is 0. The minimum Gasteiger partial charge on any atom is -1.00 e. The summed E-state index contributed by atoms with van der Waals surface area (Å²) in [4.78, 5) is 38.0. The molecule has 1 saturated carbocycles. The molecule has 0 bridgehead atoms. The van der Waals surface area contributed by atoms with Crippen molar-refractivity contribution in [2.45, 2.75) is 64.9 Å². The molecule has 7 nitrogen and oxygen atoms in total. The van der Waals surface area contributed by atoms with Gasteiger partial charge in [0.15, 0.2) is 6.54 Å². The number of carbonyl (C=O) groups excluding carboxylic acids is 3. The highest BCUT2D eigenvalue weighted by Crippen LogP contribution is 2.28. The maximum atomic E-state index is 13.1. The van der Waals surface area contributed by atoms with Crippen LogP contribution in [0.5, 0.6) is 0 Å². The minimum absolute atomic E-state index is 0. The van der Waals surface area contributed by atoms with Gasteiger partial charge in [0, 0.05) is 0 Å². The van der Waals surface area contributed by atoms with Crippen LogP contribution < -0.4 is 29.3 Å². The first-order valence-corrected chi connectivity index (χ1v) is 11.9. The van der Waals surface area contributed by atoms with Crippen molar-refractivity contribution in [3.05, 3.63) is 29.3 Å². The van der Waals surface area contributed by atoms with Crippen LogP contribution in [0.25, 0.3) is 0 Å². The molecule has 1 aliphatic heterocycles. The first-order valence-electron chi connectivity index (χ1n) is 11.9. The number of aryl methyl sites for hydroxylation is 1. The van der Waals surface area contributed by atoms with Crippen molar-refractivity contribution >= 4 is 23.5 Å². The van der Waals surface area contributed by atoms with Gasteiger partial charge < -0.3 is 43.3 Å². The maximum Gasteiger partial charge on any atom is 0.339 e. The Kier molecular flexibility index (Phi) is 10.6. The first kappa shape index (κ1) is 27.6. The highest BCUT2D eigenvalue weighted by Gasteiger charge is 2.40. The van der Waals surface area contributed by atoms with E-state index < -0.39 is 5.97 Å². The third-order valence-corrected chi connectivity index (χ3v) is 7.05. The molecule has 184 valence electrons. The third-order valence-electron chi connectivity index (χ3n) is 7.05. The number of methoxy groups -OCH3 is 1. The van der Waals surface area contributed by atoms with Gasteiger partial charge in [-0.25, -0.2) is 4.79 Å². The molecule has 0 spiro atoms. The van der Waals surface area contributed by atoms with Crippen LogP contribution in [0.3, 0.4) is 0 Å². The molecule has 0 radical (unpaired) electrons. The molecule has 1 amide bonds. The van der Waals surface area contributed by atoms with Gasteiger partial charge in [-0.05, 0) is 64.0 Å². The van der Waals surface area contributed by atoms with Gasteiger partial charge >= 0.3 is 11.9 Å². The van der Waals surface area contributed by atoms with Gasteiger partial charge in [0.25, 0.3) is 5.91 Å². The van der Waals surface area contributed by atoms with Gasteiger partial charge in [0.05, 0.1) is 38.0 Å². The van der Waals surface area contributed by atoms with E-state index in [0.29, 0.717) is 22.3 Å². The van der Waals surface area contributed by atoms with E-state index in [1.165, 1.54) is 13.5 Å². The van der Waals surface area contributed by atoms with Gasteiger partial charge in [-0.1, -0.05) is 18.6 Å². The smallest absolute Gasteiger partial charge is 0.339 e. The lowest BCUT2D eigenvalue weighted by Crippen LogP contribution is -3.00. The summed E-state index contributed by atoms with van der Waals surface area (Å²) in [6.45, 7) is 6.42.